The molecule has 1 atom stereocenters. The summed E-state index contributed by atoms with van der Waals surface area (Å²) in [5, 5.41) is 11.8. The van der Waals surface area contributed by atoms with E-state index in [1.54, 1.807) is 37.5 Å². The van der Waals surface area contributed by atoms with Crippen molar-refractivity contribution in [2.24, 2.45) is 0 Å². The lowest BCUT2D eigenvalue weighted by Gasteiger charge is -2.17. The van der Waals surface area contributed by atoms with Crippen LogP contribution in [-0.4, -0.2) is 18.3 Å². The number of hydrogen-bond donors (Lipinski definition) is 2. The third-order valence-electron chi connectivity index (χ3n) is 3.31. The van der Waals surface area contributed by atoms with Crippen LogP contribution in [0.1, 0.15) is 18.1 Å². The molecule has 0 aliphatic carbocycles. The number of amides is 1. The largest absolute Gasteiger partial charge is 0.505 e. The maximum Gasteiger partial charge on any atom is 0.412 e. The first-order valence-corrected chi connectivity index (χ1v) is 7.24. The molecule has 0 fully saturated rings. The fourth-order valence-electron chi connectivity index (χ4n) is 2.08. The first kappa shape index (κ1) is 17.3. The maximum atomic E-state index is 13.5. The van der Waals surface area contributed by atoms with Crippen LogP contribution < -0.4 is 10.1 Å². The zero-order valence-corrected chi connectivity index (χ0v) is 13.2. The highest BCUT2D eigenvalue weighted by Gasteiger charge is 2.17. The molecule has 2 aromatic carbocycles. The predicted octanol–water partition coefficient (Wildman–Crippen LogP) is 4.41. The van der Waals surface area contributed by atoms with Gasteiger partial charge in [-0.1, -0.05) is 12.1 Å². The van der Waals surface area contributed by atoms with Crippen molar-refractivity contribution in [3.63, 3.8) is 0 Å². The molecule has 0 radical (unpaired) electrons. The van der Waals surface area contributed by atoms with E-state index in [1.165, 1.54) is 12.1 Å². The molecule has 0 aliphatic heterocycles. The number of anilines is 1. The summed E-state index contributed by atoms with van der Waals surface area (Å²) in [4.78, 5) is 12.0. The number of benzene rings is 2. The van der Waals surface area contributed by atoms with E-state index in [0.717, 1.165) is 6.07 Å². The van der Waals surface area contributed by atoms with Gasteiger partial charge in [0.1, 0.15) is 11.9 Å². The number of hydrogen-bond acceptors (Lipinski definition) is 4. The number of carbonyl (C=O) groups excluding carboxylic acids is 1. The number of aromatic hydroxyl groups is 1. The average Bonchev–Trinajstić information content (AvgIpc) is 2.57. The lowest BCUT2D eigenvalue weighted by atomic mass is 10.1. The Hall–Kier alpha value is -3.02. The second-order valence-corrected chi connectivity index (χ2v) is 4.98. The minimum atomic E-state index is -0.777. The van der Waals surface area contributed by atoms with Gasteiger partial charge in [-0.15, -0.1) is 6.58 Å². The third-order valence-corrected chi connectivity index (χ3v) is 3.31. The molecule has 0 spiro atoms. The molecule has 1 amide bonds. The fourth-order valence-corrected chi connectivity index (χ4v) is 2.08. The van der Waals surface area contributed by atoms with Gasteiger partial charge >= 0.3 is 6.09 Å². The van der Waals surface area contributed by atoms with Crippen LogP contribution in [0.3, 0.4) is 0 Å². The summed E-state index contributed by atoms with van der Waals surface area (Å²) in [5.41, 5.74) is 0.963. The van der Waals surface area contributed by atoms with Crippen LogP contribution in [0.15, 0.2) is 55.1 Å². The van der Waals surface area contributed by atoms with E-state index < -0.39 is 23.8 Å². The number of phenols is 1. The fraction of sp³-hybridized carbons (Fsp3) is 0.167. The minimum absolute atomic E-state index is 0.306. The topological polar surface area (TPSA) is 67.8 Å². The first-order valence-electron chi connectivity index (χ1n) is 7.24. The van der Waals surface area contributed by atoms with E-state index in [1.807, 2.05) is 0 Å². The molecule has 0 heterocycles. The van der Waals surface area contributed by atoms with Gasteiger partial charge in [0.2, 0.25) is 0 Å². The van der Waals surface area contributed by atoms with Crippen molar-refractivity contribution in [2.75, 3.05) is 12.4 Å². The Bertz CT molecular complexity index is 715. The molecule has 0 aromatic heterocycles. The standard InChI is InChI=1S/C18H18FNO4/c1-3-4-17(12-5-10-16(21)15(19)11-12)24-18(22)20-13-6-8-14(23-2)9-7-13/h3,5-11,17,21H,1,4H2,2H3,(H,20,22)/t17-/m1/s1. The Morgan fingerprint density at radius 1 is 1.33 bits per heavy atom. The van der Waals surface area contributed by atoms with Crippen molar-refractivity contribution < 1.29 is 23.8 Å². The number of methoxy groups -OCH3 is 1. The monoisotopic (exact) mass is 331 g/mol. The summed E-state index contributed by atoms with van der Waals surface area (Å²) in [7, 11) is 1.55. The second-order valence-electron chi connectivity index (χ2n) is 4.98. The van der Waals surface area contributed by atoms with Gasteiger partial charge < -0.3 is 14.6 Å². The second kappa shape index (κ2) is 8.01. The highest BCUT2D eigenvalue weighted by atomic mass is 19.1. The van der Waals surface area contributed by atoms with Crippen LogP contribution in [0, 0.1) is 5.82 Å². The Balaban J connectivity index is 2.06. The maximum absolute atomic E-state index is 13.5. The third kappa shape index (κ3) is 4.49. The lowest BCUT2D eigenvalue weighted by molar-refractivity contribution is 0.112. The Kier molecular flexibility index (Phi) is 5.78. The van der Waals surface area contributed by atoms with E-state index in [2.05, 4.69) is 11.9 Å². The summed E-state index contributed by atoms with van der Waals surface area (Å²) in [6, 6.07) is 10.6. The average molecular weight is 331 g/mol. The van der Waals surface area contributed by atoms with Crippen LogP contribution >= 0.6 is 0 Å². The predicted molar refractivity (Wildman–Crippen MR) is 88.7 cm³/mol. The van der Waals surface area contributed by atoms with Crippen LogP contribution in [0.2, 0.25) is 0 Å². The van der Waals surface area contributed by atoms with Crippen molar-refractivity contribution in [3.8, 4) is 11.5 Å². The smallest absolute Gasteiger partial charge is 0.412 e. The van der Waals surface area contributed by atoms with Crippen molar-refractivity contribution in [2.45, 2.75) is 12.5 Å². The van der Waals surface area contributed by atoms with Crippen molar-refractivity contribution >= 4 is 11.8 Å². The van der Waals surface area contributed by atoms with Gasteiger partial charge in [-0.2, -0.15) is 0 Å². The van der Waals surface area contributed by atoms with Crippen molar-refractivity contribution in [1.82, 2.24) is 0 Å². The zero-order chi connectivity index (χ0) is 17.5. The quantitative estimate of drug-likeness (QED) is 0.770. The molecule has 126 valence electrons. The molecular weight excluding hydrogens is 313 g/mol. The summed E-state index contributed by atoms with van der Waals surface area (Å²) < 4.78 is 23.9. The molecule has 2 aromatic rings. The first-order chi connectivity index (χ1) is 11.5. The van der Waals surface area contributed by atoms with Gasteiger partial charge in [-0.3, -0.25) is 5.32 Å². The Morgan fingerprint density at radius 2 is 2.04 bits per heavy atom. The van der Waals surface area contributed by atoms with E-state index in [4.69, 9.17) is 9.47 Å². The lowest BCUT2D eigenvalue weighted by Crippen LogP contribution is -2.17. The van der Waals surface area contributed by atoms with Gasteiger partial charge in [-0.25, -0.2) is 9.18 Å². The van der Waals surface area contributed by atoms with Gasteiger partial charge in [0.15, 0.2) is 11.6 Å². The van der Waals surface area contributed by atoms with E-state index in [9.17, 15) is 14.3 Å². The van der Waals surface area contributed by atoms with E-state index in [-0.39, 0.29) is 0 Å². The molecule has 6 heteroatoms. The molecule has 2 N–H and O–H groups in total. The normalized spacial score (nSPS) is 11.4. The minimum Gasteiger partial charge on any atom is -0.505 e. The van der Waals surface area contributed by atoms with Crippen molar-refractivity contribution in [1.29, 1.82) is 0 Å². The summed E-state index contributed by atoms with van der Waals surface area (Å²) >= 11 is 0. The van der Waals surface area contributed by atoms with E-state index in [0.29, 0.717) is 23.4 Å². The Labute approximate surface area is 139 Å². The van der Waals surface area contributed by atoms with E-state index >= 15 is 0 Å². The van der Waals surface area contributed by atoms with Crippen LogP contribution in [0.5, 0.6) is 11.5 Å². The van der Waals surface area contributed by atoms with Crippen LogP contribution in [0.25, 0.3) is 0 Å². The van der Waals surface area contributed by atoms with Gasteiger partial charge in [0.05, 0.1) is 7.11 Å². The number of nitrogens with one attached hydrogen (secondary N) is 1. The molecule has 0 bridgehead atoms. The number of halogens is 1. The van der Waals surface area contributed by atoms with Gasteiger partial charge in [0, 0.05) is 12.1 Å². The number of phenolic OH excluding ortho intramolecular Hbond substituents is 1. The molecule has 24 heavy (non-hydrogen) atoms. The summed E-state index contributed by atoms with van der Waals surface area (Å²) in [6.07, 6.45) is 0.479. The molecule has 0 unspecified atom stereocenters. The van der Waals surface area contributed by atoms with Gasteiger partial charge in [0.25, 0.3) is 0 Å². The molecule has 2 rings (SSSR count). The number of ether oxygens (including phenoxy) is 2. The molecular formula is C18H18FNO4. The van der Waals surface area contributed by atoms with Crippen molar-refractivity contribution in [3.05, 3.63) is 66.5 Å². The molecule has 0 saturated carbocycles. The summed E-state index contributed by atoms with van der Waals surface area (Å²) in [5.74, 6) is -0.572. The van der Waals surface area contributed by atoms with Crippen LogP contribution in [-0.2, 0) is 4.74 Å². The number of carbonyl (C=O) groups is 1. The zero-order valence-electron chi connectivity index (χ0n) is 13.2. The Morgan fingerprint density at radius 3 is 2.62 bits per heavy atom. The number of rotatable bonds is 6. The van der Waals surface area contributed by atoms with Gasteiger partial charge in [-0.05, 0) is 42.0 Å². The highest BCUT2D eigenvalue weighted by Crippen LogP contribution is 2.26. The van der Waals surface area contributed by atoms with Crippen LogP contribution in [0.4, 0.5) is 14.9 Å². The SMILES string of the molecule is C=CC[C@@H](OC(=O)Nc1ccc(OC)cc1)c1ccc(O)c(F)c1. The molecule has 5 nitrogen and oxygen atoms in total. The summed E-state index contributed by atoms with van der Waals surface area (Å²) in [6.45, 7) is 3.61. The highest BCUT2D eigenvalue weighted by molar-refractivity contribution is 5.84. The molecule has 0 aliphatic rings. The molecule has 0 saturated heterocycles.